The summed E-state index contributed by atoms with van der Waals surface area (Å²) in [4.78, 5) is 13.0. The molecule has 0 radical (unpaired) electrons. The van der Waals surface area contributed by atoms with Crippen LogP contribution in [0.1, 0.15) is 226 Å². The summed E-state index contributed by atoms with van der Waals surface area (Å²) in [5.74, 6) is -0.234. The summed E-state index contributed by atoms with van der Waals surface area (Å²) in [6, 6.07) is -0.901. The van der Waals surface area contributed by atoms with E-state index < -0.39 is 55.6 Å². The maximum Gasteiger partial charge on any atom is 0.220 e. The lowest BCUT2D eigenvalue weighted by atomic mass is 9.99. The number of aliphatic hydroxyl groups excluding tert-OH is 6. The van der Waals surface area contributed by atoms with Gasteiger partial charge in [0.15, 0.2) is 6.29 Å². The molecule has 0 saturated carbocycles. The maximum atomic E-state index is 13.0. The van der Waals surface area contributed by atoms with Gasteiger partial charge in [0, 0.05) is 12.8 Å². The summed E-state index contributed by atoms with van der Waals surface area (Å²) in [6.07, 6.45) is 33.6. The van der Waals surface area contributed by atoms with Crippen molar-refractivity contribution in [2.24, 2.45) is 0 Å². The molecule has 7 N–H and O–H groups in total. The summed E-state index contributed by atoms with van der Waals surface area (Å²) < 4.78 is 11.2. The van der Waals surface area contributed by atoms with Gasteiger partial charge in [0.25, 0.3) is 0 Å². The Kier molecular flexibility index (Phi) is 36.7. The first-order valence-electron chi connectivity index (χ1n) is 24.5. The molecular weight excluding hydrogens is 735 g/mol. The molecule has 8 unspecified atom stereocenters. The van der Waals surface area contributed by atoms with Crippen molar-refractivity contribution in [1.82, 2.24) is 5.32 Å². The second kappa shape index (κ2) is 38.8. The topological polar surface area (TPSA) is 169 Å². The largest absolute Gasteiger partial charge is 0.394 e. The normalized spacial score (nSPS) is 21.4. The van der Waals surface area contributed by atoms with Crippen LogP contribution in [0.25, 0.3) is 0 Å². The molecule has 0 aliphatic carbocycles. The van der Waals surface area contributed by atoms with E-state index in [1.165, 1.54) is 148 Å². The highest BCUT2D eigenvalue weighted by Gasteiger charge is 2.44. The number of rotatable bonds is 41. The number of hydrogen-bond donors (Lipinski definition) is 7. The minimum absolute atomic E-state index is 0.0322. The van der Waals surface area contributed by atoms with Crippen LogP contribution in [-0.4, -0.2) is 98.7 Å². The van der Waals surface area contributed by atoms with Crippen molar-refractivity contribution in [2.45, 2.75) is 275 Å². The van der Waals surface area contributed by atoms with Crippen LogP contribution in [0.4, 0.5) is 0 Å². The van der Waals surface area contributed by atoms with Gasteiger partial charge in [0.1, 0.15) is 24.4 Å². The summed E-state index contributed by atoms with van der Waals surface area (Å²) in [5.41, 5.74) is 0. The van der Waals surface area contributed by atoms with Crippen LogP contribution in [-0.2, 0) is 14.3 Å². The second-order valence-electron chi connectivity index (χ2n) is 17.4. The van der Waals surface area contributed by atoms with Gasteiger partial charge in [-0.2, -0.15) is 0 Å². The molecule has 8 atom stereocenters. The minimum atomic E-state index is -1.60. The van der Waals surface area contributed by atoms with Crippen LogP contribution in [0.15, 0.2) is 12.2 Å². The molecule has 0 bridgehead atoms. The SMILES string of the molecule is CCCCCCCCCCCCCCCCCC=CCCCC(O)CC(O)C(COC1OC(CO)C(O)C(O)C1O)NC(=O)CCCCCCCCCCCCCC. The molecule has 1 saturated heterocycles. The van der Waals surface area contributed by atoms with E-state index in [1.807, 2.05) is 0 Å². The number of ether oxygens (including phenoxy) is 2. The van der Waals surface area contributed by atoms with Crippen molar-refractivity contribution in [3.8, 4) is 0 Å². The monoisotopic (exact) mass is 828 g/mol. The van der Waals surface area contributed by atoms with Gasteiger partial charge >= 0.3 is 0 Å². The number of allylic oxidation sites excluding steroid dienone is 2. The van der Waals surface area contributed by atoms with Crippen molar-refractivity contribution >= 4 is 5.91 Å². The summed E-state index contributed by atoms with van der Waals surface area (Å²) in [7, 11) is 0. The number of carbonyl (C=O) groups is 1. The number of hydrogen-bond acceptors (Lipinski definition) is 9. The van der Waals surface area contributed by atoms with E-state index >= 15 is 0 Å². The lowest BCUT2D eigenvalue weighted by molar-refractivity contribution is -0.302. The van der Waals surface area contributed by atoms with Crippen LogP contribution in [0.5, 0.6) is 0 Å². The first-order chi connectivity index (χ1) is 28.2. The average Bonchev–Trinajstić information content (AvgIpc) is 3.21. The lowest BCUT2D eigenvalue weighted by Gasteiger charge is -2.40. The molecule has 1 rings (SSSR count). The Balaban J connectivity index is 2.34. The number of nitrogens with one attached hydrogen (secondary N) is 1. The van der Waals surface area contributed by atoms with E-state index in [1.54, 1.807) is 0 Å². The van der Waals surface area contributed by atoms with E-state index in [9.17, 15) is 35.4 Å². The molecule has 0 spiro atoms. The van der Waals surface area contributed by atoms with Crippen LogP contribution in [0, 0.1) is 0 Å². The molecule has 10 nitrogen and oxygen atoms in total. The van der Waals surface area contributed by atoms with E-state index in [4.69, 9.17) is 9.47 Å². The Labute approximate surface area is 355 Å². The second-order valence-corrected chi connectivity index (χ2v) is 17.4. The third-order valence-electron chi connectivity index (χ3n) is 11.9. The predicted octanol–water partition coefficient (Wildman–Crippen LogP) is 9.48. The van der Waals surface area contributed by atoms with Crippen LogP contribution in [0.2, 0.25) is 0 Å². The molecule has 344 valence electrons. The fourth-order valence-corrected chi connectivity index (χ4v) is 7.96. The molecule has 0 aromatic heterocycles. The van der Waals surface area contributed by atoms with Crippen molar-refractivity contribution in [1.29, 1.82) is 0 Å². The van der Waals surface area contributed by atoms with Crippen molar-refractivity contribution < 1.29 is 44.9 Å². The van der Waals surface area contributed by atoms with Gasteiger partial charge in [-0.05, 0) is 38.5 Å². The number of unbranched alkanes of at least 4 members (excludes halogenated alkanes) is 27. The van der Waals surface area contributed by atoms with E-state index in [-0.39, 0.29) is 18.9 Å². The van der Waals surface area contributed by atoms with Gasteiger partial charge in [0.2, 0.25) is 5.91 Å². The highest BCUT2D eigenvalue weighted by atomic mass is 16.7. The molecule has 1 fully saturated rings. The Morgan fingerprint density at radius 3 is 1.50 bits per heavy atom. The zero-order valence-electron chi connectivity index (χ0n) is 37.4. The molecule has 0 aromatic carbocycles. The van der Waals surface area contributed by atoms with Gasteiger partial charge in [-0.25, -0.2) is 0 Å². The van der Waals surface area contributed by atoms with Gasteiger partial charge in [0.05, 0.1) is 31.5 Å². The highest BCUT2D eigenvalue weighted by Crippen LogP contribution is 2.23. The third-order valence-corrected chi connectivity index (χ3v) is 11.9. The molecule has 1 heterocycles. The zero-order valence-corrected chi connectivity index (χ0v) is 37.4. The Hall–Kier alpha value is -1.11. The Bertz CT molecular complexity index is 937. The predicted molar refractivity (Wildman–Crippen MR) is 237 cm³/mol. The fourth-order valence-electron chi connectivity index (χ4n) is 7.96. The van der Waals surface area contributed by atoms with E-state index in [0.29, 0.717) is 12.8 Å². The standard InChI is InChI=1S/C48H93NO9/c1-3-5-7-9-11-13-15-17-18-19-20-21-22-23-24-25-27-29-31-33-35-40(51)37-42(52)41(39-57-48-47(56)46(55)45(54)43(38-50)58-48)49-44(53)36-34-32-30-28-26-16-14-12-10-8-6-4-2/h27,29,40-43,45-48,50-52,54-56H,3-26,28,30-39H2,1-2H3,(H,49,53). The van der Waals surface area contributed by atoms with Crippen molar-refractivity contribution in [3.05, 3.63) is 12.2 Å². The fraction of sp³-hybridized carbons (Fsp3) is 0.938. The zero-order chi connectivity index (χ0) is 42.5. The third kappa shape index (κ3) is 29.2. The van der Waals surface area contributed by atoms with E-state index in [2.05, 4.69) is 31.3 Å². The summed E-state index contributed by atoms with van der Waals surface area (Å²) in [6.45, 7) is 3.66. The van der Waals surface area contributed by atoms with Crippen LogP contribution < -0.4 is 5.32 Å². The van der Waals surface area contributed by atoms with Crippen molar-refractivity contribution in [3.63, 3.8) is 0 Å². The summed E-state index contributed by atoms with van der Waals surface area (Å²) >= 11 is 0. The van der Waals surface area contributed by atoms with Gasteiger partial charge in [-0.3, -0.25) is 4.79 Å². The van der Waals surface area contributed by atoms with Gasteiger partial charge < -0.3 is 45.4 Å². The Morgan fingerprint density at radius 1 is 0.603 bits per heavy atom. The molecule has 58 heavy (non-hydrogen) atoms. The average molecular weight is 828 g/mol. The minimum Gasteiger partial charge on any atom is -0.394 e. The quantitative estimate of drug-likeness (QED) is 0.0235. The molecule has 1 amide bonds. The van der Waals surface area contributed by atoms with Crippen LogP contribution >= 0.6 is 0 Å². The molecule has 0 aromatic rings. The van der Waals surface area contributed by atoms with E-state index in [0.717, 1.165) is 44.9 Å². The van der Waals surface area contributed by atoms with Gasteiger partial charge in [-0.1, -0.05) is 187 Å². The van der Waals surface area contributed by atoms with Gasteiger partial charge in [-0.15, -0.1) is 0 Å². The molecule has 1 aliphatic heterocycles. The van der Waals surface area contributed by atoms with Crippen molar-refractivity contribution in [2.75, 3.05) is 13.2 Å². The Morgan fingerprint density at radius 2 is 1.03 bits per heavy atom. The number of amides is 1. The molecule has 10 heteroatoms. The number of carbonyl (C=O) groups excluding carboxylic acids is 1. The lowest BCUT2D eigenvalue weighted by Crippen LogP contribution is -2.60. The number of aliphatic hydroxyl groups is 6. The van der Waals surface area contributed by atoms with Crippen LogP contribution in [0.3, 0.4) is 0 Å². The first-order valence-corrected chi connectivity index (χ1v) is 24.5. The summed E-state index contributed by atoms with van der Waals surface area (Å²) in [5, 5.41) is 65.1. The molecule has 1 aliphatic rings. The molecular formula is C48H93NO9. The smallest absolute Gasteiger partial charge is 0.220 e. The first kappa shape index (κ1) is 54.9. The maximum absolute atomic E-state index is 13.0. The highest BCUT2D eigenvalue weighted by molar-refractivity contribution is 5.76.